The molecule has 0 spiro atoms. The molecule has 0 radical (unpaired) electrons. The molecule has 4 nitrogen and oxygen atoms in total. The molecule has 1 atom stereocenters. The van der Waals surface area contributed by atoms with E-state index in [1.165, 1.54) is 0 Å². The minimum Gasteiger partial charge on any atom is -0.760 e. The van der Waals surface area contributed by atoms with E-state index in [2.05, 4.69) is 0 Å². The third-order valence-corrected chi connectivity index (χ3v) is 1.21. The van der Waals surface area contributed by atoms with Crippen LogP contribution in [0.2, 0.25) is 0 Å². The quantitative estimate of drug-likeness (QED) is 0.443. The average Bonchev–Trinajstić information content (AvgIpc) is 1.83. The Labute approximate surface area is 60.0 Å². The Morgan fingerprint density at radius 2 is 2.33 bits per heavy atom. The van der Waals surface area contributed by atoms with Crippen molar-refractivity contribution in [3.05, 3.63) is 0 Å². The van der Waals surface area contributed by atoms with Crippen LogP contribution in [0.1, 0.15) is 0 Å². The first-order chi connectivity index (χ1) is 4.16. The van der Waals surface area contributed by atoms with Crippen molar-refractivity contribution in [3.63, 3.8) is 0 Å². The highest BCUT2D eigenvalue weighted by atomic mass is 35.5. The van der Waals surface area contributed by atoms with Crippen LogP contribution in [0.4, 0.5) is 0 Å². The van der Waals surface area contributed by atoms with Gasteiger partial charge in [-0.3, -0.25) is 9.00 Å². The van der Waals surface area contributed by atoms with Gasteiger partial charge in [-0.2, -0.15) is 0 Å². The van der Waals surface area contributed by atoms with Crippen LogP contribution in [0.5, 0.6) is 0 Å². The SMILES string of the molecule is O=C(CCl)CNS(=O)[O-]. The van der Waals surface area contributed by atoms with Gasteiger partial charge in [0.15, 0.2) is 5.78 Å². The van der Waals surface area contributed by atoms with E-state index in [-0.39, 0.29) is 18.2 Å². The number of carbonyl (C=O) groups is 1. The van der Waals surface area contributed by atoms with E-state index in [1.807, 2.05) is 4.72 Å². The Kier molecular flexibility index (Phi) is 4.88. The zero-order valence-corrected chi connectivity index (χ0v) is 6.00. The van der Waals surface area contributed by atoms with Crippen molar-refractivity contribution in [1.82, 2.24) is 4.72 Å². The Bertz CT molecular complexity index is 128. The lowest BCUT2D eigenvalue weighted by atomic mass is 10.5. The lowest BCUT2D eigenvalue weighted by Gasteiger charge is -2.03. The van der Waals surface area contributed by atoms with E-state index >= 15 is 0 Å². The number of Topliss-reactive ketones (excluding diaryl/α,β-unsaturated/α-hetero) is 1. The molecule has 0 heterocycles. The summed E-state index contributed by atoms with van der Waals surface area (Å²) in [5.41, 5.74) is 0. The van der Waals surface area contributed by atoms with E-state index in [0.29, 0.717) is 0 Å². The molecule has 9 heavy (non-hydrogen) atoms. The monoisotopic (exact) mass is 170 g/mol. The van der Waals surface area contributed by atoms with Crippen LogP contribution in [0, 0.1) is 0 Å². The number of hydrogen-bond donors (Lipinski definition) is 1. The van der Waals surface area contributed by atoms with E-state index in [4.69, 9.17) is 11.6 Å². The first-order valence-corrected chi connectivity index (χ1v) is 3.68. The number of hydrogen-bond acceptors (Lipinski definition) is 3. The zero-order valence-electron chi connectivity index (χ0n) is 4.43. The number of nitrogens with one attached hydrogen (secondary N) is 1. The summed E-state index contributed by atoms with van der Waals surface area (Å²) in [6, 6.07) is 0. The highest BCUT2D eigenvalue weighted by Gasteiger charge is 1.95. The van der Waals surface area contributed by atoms with E-state index in [1.54, 1.807) is 0 Å². The standard InChI is InChI=1S/C3H6ClNO3S/c4-1-3(6)2-5-9(7)8/h5H,1-2H2,(H,7,8)/p-1. The molecule has 0 aromatic carbocycles. The predicted octanol–water partition coefficient (Wildman–Crippen LogP) is -0.822. The molecule has 1 N–H and O–H groups in total. The molecule has 0 aliphatic heterocycles. The molecule has 0 saturated carbocycles. The van der Waals surface area contributed by atoms with Crippen molar-refractivity contribution < 1.29 is 13.6 Å². The number of carbonyl (C=O) groups excluding carboxylic acids is 1. The molecular formula is C3H5ClNO3S-. The second-order valence-electron chi connectivity index (χ2n) is 1.23. The van der Waals surface area contributed by atoms with Crippen molar-refractivity contribution in [3.8, 4) is 0 Å². The molecule has 0 aliphatic carbocycles. The van der Waals surface area contributed by atoms with Crippen molar-refractivity contribution in [2.45, 2.75) is 0 Å². The summed E-state index contributed by atoms with van der Waals surface area (Å²) in [6.07, 6.45) is 0. The topological polar surface area (TPSA) is 69.2 Å². The van der Waals surface area contributed by atoms with Crippen LogP contribution in [0.3, 0.4) is 0 Å². The summed E-state index contributed by atoms with van der Waals surface area (Å²) in [4.78, 5) is 10.2. The van der Waals surface area contributed by atoms with Crippen molar-refractivity contribution in [2.24, 2.45) is 0 Å². The van der Waals surface area contributed by atoms with Crippen LogP contribution in [-0.4, -0.2) is 27.0 Å². The third-order valence-electron chi connectivity index (χ3n) is 0.536. The van der Waals surface area contributed by atoms with Crippen LogP contribution >= 0.6 is 11.6 Å². The molecule has 0 rings (SSSR count). The van der Waals surface area contributed by atoms with Gasteiger partial charge in [-0.1, -0.05) is 0 Å². The normalized spacial score (nSPS) is 13.1. The molecule has 0 amide bonds. The molecule has 1 unspecified atom stereocenters. The van der Waals surface area contributed by atoms with Crippen molar-refractivity contribution >= 4 is 28.7 Å². The molecule has 0 aliphatic rings. The van der Waals surface area contributed by atoms with Gasteiger partial charge in [0.2, 0.25) is 0 Å². The smallest absolute Gasteiger partial charge is 0.162 e. The summed E-state index contributed by atoms with van der Waals surface area (Å²) >= 11 is 2.68. The minimum absolute atomic E-state index is 0.163. The highest BCUT2D eigenvalue weighted by Crippen LogP contribution is 1.76. The Morgan fingerprint density at radius 1 is 1.78 bits per heavy atom. The fourth-order valence-electron chi connectivity index (χ4n) is 0.187. The molecule has 0 aromatic heterocycles. The highest BCUT2D eigenvalue weighted by molar-refractivity contribution is 7.77. The molecule has 0 aromatic rings. The number of rotatable bonds is 4. The first-order valence-electron chi connectivity index (χ1n) is 2.07. The Balaban J connectivity index is 3.28. The molecule has 0 fully saturated rings. The summed E-state index contributed by atoms with van der Waals surface area (Å²) in [6.45, 7) is -0.223. The predicted molar refractivity (Wildman–Crippen MR) is 32.6 cm³/mol. The van der Waals surface area contributed by atoms with Crippen molar-refractivity contribution in [1.29, 1.82) is 0 Å². The van der Waals surface area contributed by atoms with Gasteiger partial charge in [0.05, 0.1) is 12.4 Å². The second-order valence-corrected chi connectivity index (χ2v) is 2.25. The number of halogens is 1. The summed E-state index contributed by atoms with van der Waals surface area (Å²) in [5.74, 6) is -0.509. The van der Waals surface area contributed by atoms with Crippen LogP contribution in [-0.2, 0) is 16.1 Å². The fraction of sp³-hybridized carbons (Fsp3) is 0.667. The molecule has 0 bridgehead atoms. The lowest BCUT2D eigenvalue weighted by Crippen LogP contribution is -2.25. The lowest BCUT2D eigenvalue weighted by molar-refractivity contribution is -0.115. The fourth-order valence-corrected chi connectivity index (χ4v) is 0.560. The molecule has 54 valence electrons. The largest absolute Gasteiger partial charge is 0.760 e. The Morgan fingerprint density at radius 3 is 2.67 bits per heavy atom. The Hall–Kier alpha value is 0.0300. The summed E-state index contributed by atoms with van der Waals surface area (Å²) in [5, 5.41) is 0. The van der Waals surface area contributed by atoms with E-state index < -0.39 is 11.3 Å². The summed E-state index contributed by atoms with van der Waals surface area (Å²) in [7, 11) is 0. The van der Waals surface area contributed by atoms with Gasteiger partial charge < -0.3 is 4.55 Å². The average molecular weight is 171 g/mol. The van der Waals surface area contributed by atoms with Gasteiger partial charge in [0.25, 0.3) is 0 Å². The van der Waals surface area contributed by atoms with Gasteiger partial charge in [-0.15, -0.1) is 11.6 Å². The van der Waals surface area contributed by atoms with Crippen LogP contribution in [0.25, 0.3) is 0 Å². The van der Waals surface area contributed by atoms with Gasteiger partial charge >= 0.3 is 0 Å². The van der Waals surface area contributed by atoms with Crippen LogP contribution in [0.15, 0.2) is 0 Å². The maximum absolute atomic E-state index is 10.2. The third kappa shape index (κ3) is 5.91. The number of ketones is 1. The van der Waals surface area contributed by atoms with E-state index in [9.17, 15) is 13.6 Å². The van der Waals surface area contributed by atoms with E-state index in [0.717, 1.165) is 0 Å². The molecule has 6 heteroatoms. The van der Waals surface area contributed by atoms with Gasteiger partial charge in [-0.05, 0) is 0 Å². The zero-order chi connectivity index (χ0) is 7.28. The second kappa shape index (κ2) is 4.87. The van der Waals surface area contributed by atoms with Gasteiger partial charge in [-0.25, -0.2) is 4.72 Å². The molecule has 0 saturated heterocycles. The van der Waals surface area contributed by atoms with Gasteiger partial charge in [0, 0.05) is 11.3 Å². The maximum atomic E-state index is 10.2. The number of alkyl halides is 1. The summed E-state index contributed by atoms with van der Waals surface area (Å²) < 4.78 is 21.3. The van der Waals surface area contributed by atoms with Gasteiger partial charge in [0.1, 0.15) is 0 Å². The first kappa shape index (κ1) is 9.03. The maximum Gasteiger partial charge on any atom is 0.162 e. The van der Waals surface area contributed by atoms with Crippen molar-refractivity contribution in [2.75, 3.05) is 12.4 Å². The molecular weight excluding hydrogens is 166 g/mol. The van der Waals surface area contributed by atoms with Crippen LogP contribution < -0.4 is 4.72 Å². The minimum atomic E-state index is -2.37.